The van der Waals surface area contributed by atoms with Gasteiger partial charge in [0.2, 0.25) is 0 Å². The van der Waals surface area contributed by atoms with Crippen molar-refractivity contribution in [3.63, 3.8) is 0 Å². The van der Waals surface area contributed by atoms with E-state index in [4.69, 9.17) is 52.1 Å². The van der Waals surface area contributed by atoms with Crippen LogP contribution in [-0.2, 0) is 91.1 Å². The maximum atomic E-state index is 13.1. The van der Waals surface area contributed by atoms with Crippen molar-refractivity contribution in [1.82, 2.24) is 0 Å². The summed E-state index contributed by atoms with van der Waals surface area (Å²) < 4.78 is 70.6. The van der Waals surface area contributed by atoms with E-state index < -0.39 is 97.0 Å². The van der Waals surface area contributed by atoms with Crippen LogP contribution in [0.4, 0.5) is 0 Å². The van der Waals surface area contributed by atoms with Gasteiger partial charge >= 0.3 is 23.9 Å². The lowest BCUT2D eigenvalue weighted by Crippen LogP contribution is -2.69. The molecule has 1 spiro atoms. The first-order valence-electron chi connectivity index (χ1n) is 21.3. The van der Waals surface area contributed by atoms with Crippen molar-refractivity contribution in [2.24, 2.45) is 0 Å². The van der Waals surface area contributed by atoms with E-state index in [9.17, 15) is 19.2 Å². The van der Waals surface area contributed by atoms with E-state index in [1.807, 2.05) is 91.0 Å². The topological polar surface area (TPSA) is 170 Å². The summed E-state index contributed by atoms with van der Waals surface area (Å²) in [7, 11) is 0. The first kappa shape index (κ1) is 45.3. The van der Waals surface area contributed by atoms with Gasteiger partial charge in [0.05, 0.1) is 26.4 Å². The van der Waals surface area contributed by atoms with Crippen LogP contribution in [0.5, 0.6) is 0 Å². The van der Waals surface area contributed by atoms with Gasteiger partial charge in [0.1, 0.15) is 36.6 Å². The number of carbonyl (C=O) groups excluding carboxylic acids is 4. The fourth-order valence-corrected chi connectivity index (χ4v) is 8.76. The summed E-state index contributed by atoms with van der Waals surface area (Å²) in [6.45, 7) is 5.37. The molecule has 0 bridgehead atoms. The smallest absolute Gasteiger partial charge is 0.303 e. The second kappa shape index (κ2) is 21.1. The van der Waals surface area contributed by atoms with Gasteiger partial charge in [-0.1, -0.05) is 97.4 Å². The molecular formula is C47H56O15. The van der Waals surface area contributed by atoms with Crippen LogP contribution in [-0.4, -0.2) is 104 Å². The van der Waals surface area contributed by atoms with Crippen molar-refractivity contribution < 1.29 is 71.3 Å². The zero-order valence-corrected chi connectivity index (χ0v) is 35.5. The van der Waals surface area contributed by atoms with Crippen LogP contribution in [0.15, 0.2) is 91.0 Å². The maximum Gasteiger partial charge on any atom is 0.303 e. The van der Waals surface area contributed by atoms with Crippen molar-refractivity contribution in [3.05, 3.63) is 108 Å². The van der Waals surface area contributed by atoms with Gasteiger partial charge in [0.15, 0.2) is 36.5 Å². The molecule has 2 aliphatic heterocycles. The monoisotopic (exact) mass is 860 g/mol. The molecule has 2 saturated carbocycles. The van der Waals surface area contributed by atoms with Crippen molar-refractivity contribution in [2.45, 2.75) is 153 Å². The second-order valence-electron chi connectivity index (χ2n) is 16.1. The Kier molecular flexibility index (Phi) is 15.4. The van der Waals surface area contributed by atoms with Crippen molar-refractivity contribution in [3.8, 4) is 0 Å². The minimum atomic E-state index is -1.44. The predicted molar refractivity (Wildman–Crippen MR) is 217 cm³/mol. The van der Waals surface area contributed by atoms with Gasteiger partial charge in [-0.05, 0) is 29.5 Å². The molecule has 3 aromatic rings. The van der Waals surface area contributed by atoms with Crippen LogP contribution < -0.4 is 0 Å². The number of benzene rings is 3. The zero-order valence-electron chi connectivity index (χ0n) is 35.5. The molecule has 2 saturated heterocycles. The third-order valence-electron chi connectivity index (χ3n) is 11.3. The second-order valence-corrected chi connectivity index (χ2v) is 16.1. The lowest BCUT2D eigenvalue weighted by atomic mass is 9.84. The summed E-state index contributed by atoms with van der Waals surface area (Å²) >= 11 is 0. The lowest BCUT2D eigenvalue weighted by Gasteiger charge is -2.49. The Bertz CT molecular complexity index is 1920. The fraction of sp³-hybridized carbons (Fsp3) is 0.532. The molecule has 11 atom stereocenters. The molecule has 0 aromatic heterocycles. The van der Waals surface area contributed by atoms with E-state index in [0.29, 0.717) is 12.8 Å². The Hall–Kier alpha value is -4.74. The summed E-state index contributed by atoms with van der Waals surface area (Å²) in [6, 6.07) is 28.7. The van der Waals surface area contributed by atoms with E-state index in [0.717, 1.165) is 36.0 Å². The molecule has 0 unspecified atom stereocenters. The molecule has 3 aromatic carbocycles. The highest BCUT2D eigenvalue weighted by molar-refractivity contribution is 5.68. The van der Waals surface area contributed by atoms with Crippen LogP contribution in [0.3, 0.4) is 0 Å². The van der Waals surface area contributed by atoms with Crippen molar-refractivity contribution >= 4 is 23.9 Å². The third kappa shape index (κ3) is 11.4. The highest BCUT2D eigenvalue weighted by Gasteiger charge is 2.65. The molecule has 15 nitrogen and oxygen atoms in total. The van der Waals surface area contributed by atoms with Gasteiger partial charge in [0, 0.05) is 40.5 Å². The average molecular weight is 861 g/mol. The molecule has 334 valence electrons. The fourth-order valence-electron chi connectivity index (χ4n) is 8.76. The Morgan fingerprint density at radius 3 is 1.47 bits per heavy atom. The molecule has 4 aliphatic rings. The molecule has 7 rings (SSSR count). The molecule has 4 fully saturated rings. The number of esters is 4. The Morgan fingerprint density at radius 1 is 0.516 bits per heavy atom. The van der Waals surface area contributed by atoms with Crippen molar-refractivity contribution in [2.75, 3.05) is 6.61 Å². The minimum absolute atomic E-state index is 0.0103. The van der Waals surface area contributed by atoms with Crippen LogP contribution in [0.1, 0.15) is 76.5 Å². The van der Waals surface area contributed by atoms with Gasteiger partial charge in [-0.2, -0.15) is 0 Å². The van der Waals surface area contributed by atoms with Crippen LogP contribution in [0.25, 0.3) is 0 Å². The lowest BCUT2D eigenvalue weighted by molar-refractivity contribution is -0.347. The number of rotatable bonds is 16. The van der Waals surface area contributed by atoms with E-state index in [1.54, 1.807) is 0 Å². The number of hydrogen-bond donors (Lipinski definition) is 0. The van der Waals surface area contributed by atoms with Crippen LogP contribution in [0, 0.1) is 0 Å². The minimum Gasteiger partial charge on any atom is -0.456 e. The van der Waals surface area contributed by atoms with E-state index in [2.05, 4.69) is 0 Å². The van der Waals surface area contributed by atoms with Gasteiger partial charge in [0.25, 0.3) is 0 Å². The highest BCUT2D eigenvalue weighted by Crippen LogP contribution is 2.48. The largest absolute Gasteiger partial charge is 0.456 e. The first-order chi connectivity index (χ1) is 30.0. The summed E-state index contributed by atoms with van der Waals surface area (Å²) in [5.74, 6) is -3.90. The number of hydrogen-bond acceptors (Lipinski definition) is 15. The summed E-state index contributed by atoms with van der Waals surface area (Å²) in [6.07, 6.45) is -9.37. The molecule has 0 N–H and O–H groups in total. The molecule has 62 heavy (non-hydrogen) atoms. The molecule has 2 aliphatic carbocycles. The summed E-state index contributed by atoms with van der Waals surface area (Å²) in [5, 5.41) is 0. The van der Waals surface area contributed by atoms with Gasteiger partial charge in [-0.3, -0.25) is 19.2 Å². The van der Waals surface area contributed by atoms with E-state index in [-0.39, 0.29) is 26.4 Å². The van der Waals surface area contributed by atoms with Gasteiger partial charge in [-0.15, -0.1) is 0 Å². The van der Waals surface area contributed by atoms with Crippen LogP contribution >= 0.6 is 0 Å². The molecular weight excluding hydrogens is 805 g/mol. The Balaban J connectivity index is 1.29. The van der Waals surface area contributed by atoms with Gasteiger partial charge < -0.3 is 52.1 Å². The number of carbonyl (C=O) groups is 4. The summed E-state index contributed by atoms with van der Waals surface area (Å²) in [5.41, 5.74) is 2.66. The molecule has 2 heterocycles. The maximum absolute atomic E-state index is 13.1. The normalized spacial score (nSPS) is 30.2. The van der Waals surface area contributed by atoms with Crippen molar-refractivity contribution in [1.29, 1.82) is 0 Å². The summed E-state index contributed by atoms with van der Waals surface area (Å²) in [4.78, 5) is 51.5. The van der Waals surface area contributed by atoms with Crippen LogP contribution in [0.2, 0.25) is 0 Å². The standard InChI is InChI=1S/C47H56O15/c1-29(48)55-39-40(56-30(2)49)42(44-43(41(39)57-31(3)50)61-47(62-44)23-15-8-16-24-47)60-46-45(58-32(4)51)38(54-27-35-21-13-7-14-22-35)37(53-26-34-19-11-6-12-20-34)36(59-46)28-52-25-33-17-9-5-10-18-33/h5-7,9-14,17-22,36-46H,8,15-16,23-28H2,1-4H3/t36-,37-,38+,39+,40+,41-,42-,43-,44+,45+,46-/m1/s1. The molecule has 15 heteroatoms. The average Bonchev–Trinajstić information content (AvgIpc) is 3.61. The Labute approximate surface area is 361 Å². The number of fused-ring (bicyclic) bond motifs is 1. The number of ether oxygens (including phenoxy) is 11. The van der Waals surface area contributed by atoms with E-state index in [1.165, 1.54) is 27.7 Å². The first-order valence-corrected chi connectivity index (χ1v) is 21.3. The zero-order chi connectivity index (χ0) is 43.6. The van der Waals surface area contributed by atoms with E-state index >= 15 is 0 Å². The highest BCUT2D eigenvalue weighted by atomic mass is 16.8. The molecule has 0 amide bonds. The quantitative estimate of drug-likeness (QED) is 0.128. The third-order valence-corrected chi connectivity index (χ3v) is 11.3. The molecule has 0 radical (unpaired) electrons. The SMILES string of the molecule is CC(=O)O[C@@H]1[C@@H](OC(C)=O)[C@H]2OC3(CCCCC3)O[C@H]2[C@H](O[C@H]2O[C@H](COCc3ccccc3)[C@@H](OCc3ccccc3)[C@H](OCc3ccccc3)[C@@H]2OC(C)=O)[C@H]1OC(C)=O. The predicted octanol–water partition coefficient (Wildman–Crippen LogP) is 5.67. The Morgan fingerprint density at radius 2 is 0.952 bits per heavy atom. The van der Waals surface area contributed by atoms with Gasteiger partial charge in [-0.25, -0.2) is 0 Å².